The van der Waals surface area contributed by atoms with E-state index >= 15 is 0 Å². The first-order chi connectivity index (χ1) is 14.9. The molecule has 3 N–H and O–H groups in total. The molecule has 0 fully saturated rings. The first-order valence-corrected chi connectivity index (χ1v) is 9.92. The van der Waals surface area contributed by atoms with Crippen LogP contribution in [0.3, 0.4) is 0 Å². The van der Waals surface area contributed by atoms with Crippen molar-refractivity contribution in [2.24, 2.45) is 0 Å². The van der Waals surface area contributed by atoms with Gasteiger partial charge in [-0.05, 0) is 24.6 Å². The van der Waals surface area contributed by atoms with Gasteiger partial charge in [0.15, 0.2) is 0 Å². The molecule has 0 unspecified atom stereocenters. The van der Waals surface area contributed by atoms with E-state index < -0.39 is 0 Å². The van der Waals surface area contributed by atoms with Crippen molar-refractivity contribution in [1.29, 1.82) is 0 Å². The van der Waals surface area contributed by atoms with Crippen molar-refractivity contribution in [3.63, 3.8) is 0 Å². The summed E-state index contributed by atoms with van der Waals surface area (Å²) in [5.41, 5.74) is 2.68. The second kappa shape index (κ2) is 10.2. The number of hydrogen-bond donors (Lipinski definition) is 3. The molecule has 0 aliphatic heterocycles. The van der Waals surface area contributed by atoms with Gasteiger partial charge < -0.3 is 20.5 Å². The molecule has 3 amide bonds. The molecular weight excluding hydrogens is 394 g/mol. The molecule has 8 nitrogen and oxygen atoms in total. The Morgan fingerprint density at radius 1 is 1.06 bits per heavy atom. The number of H-pyrrole nitrogens is 1. The Morgan fingerprint density at radius 3 is 2.58 bits per heavy atom. The Morgan fingerprint density at radius 2 is 1.84 bits per heavy atom. The molecule has 0 aliphatic carbocycles. The summed E-state index contributed by atoms with van der Waals surface area (Å²) in [4.78, 5) is 44.7. The highest BCUT2D eigenvalue weighted by Gasteiger charge is 2.10. The monoisotopic (exact) mass is 419 g/mol. The van der Waals surface area contributed by atoms with Crippen LogP contribution < -0.4 is 16.2 Å². The summed E-state index contributed by atoms with van der Waals surface area (Å²) in [5.74, 6) is 0.212. The largest absolute Gasteiger partial charge is 0.337 e. The molecule has 3 aromatic rings. The quantitative estimate of drug-likeness (QED) is 0.547. The number of urea groups is 1. The predicted octanol–water partition coefficient (Wildman–Crippen LogP) is 2.92. The number of aryl methyl sites for hydroxylation is 1. The lowest BCUT2D eigenvalue weighted by Gasteiger charge is -2.18. The van der Waals surface area contributed by atoms with E-state index in [0.29, 0.717) is 29.3 Å². The second-order valence-corrected chi connectivity index (χ2v) is 7.19. The predicted molar refractivity (Wildman–Crippen MR) is 120 cm³/mol. The maximum Gasteiger partial charge on any atom is 0.317 e. The topological polar surface area (TPSA) is 107 Å². The number of carbonyl (C=O) groups is 2. The molecule has 0 saturated carbocycles. The van der Waals surface area contributed by atoms with Crippen LogP contribution in [-0.4, -0.2) is 40.4 Å². The van der Waals surface area contributed by atoms with Crippen molar-refractivity contribution in [3.8, 4) is 11.4 Å². The van der Waals surface area contributed by atoms with Crippen molar-refractivity contribution in [2.75, 3.05) is 18.9 Å². The number of amides is 3. The van der Waals surface area contributed by atoms with Crippen LogP contribution in [0.4, 0.5) is 10.5 Å². The molecule has 1 heterocycles. The van der Waals surface area contributed by atoms with Crippen molar-refractivity contribution in [2.45, 2.75) is 19.9 Å². The number of carbonyl (C=O) groups excluding carboxylic acids is 2. The molecule has 0 bridgehead atoms. The lowest BCUT2D eigenvalue weighted by atomic mass is 10.2. The molecule has 1 aromatic heterocycles. The molecule has 0 spiro atoms. The highest BCUT2D eigenvalue weighted by atomic mass is 16.2. The second-order valence-electron chi connectivity index (χ2n) is 7.19. The summed E-state index contributed by atoms with van der Waals surface area (Å²) >= 11 is 0. The number of hydrogen-bond acceptors (Lipinski definition) is 4. The summed E-state index contributed by atoms with van der Waals surface area (Å²) in [5, 5.41) is 5.55. The first-order valence-electron chi connectivity index (χ1n) is 9.92. The number of aromatic amines is 1. The van der Waals surface area contributed by atoms with Crippen molar-refractivity contribution < 1.29 is 9.59 Å². The van der Waals surface area contributed by atoms with Gasteiger partial charge in [0.25, 0.3) is 5.56 Å². The third-order valence-corrected chi connectivity index (χ3v) is 4.53. The van der Waals surface area contributed by atoms with Crippen molar-refractivity contribution in [1.82, 2.24) is 20.2 Å². The summed E-state index contributed by atoms with van der Waals surface area (Å²) in [6.07, 6.45) is 0.134. The van der Waals surface area contributed by atoms with Crippen molar-refractivity contribution in [3.05, 3.63) is 82.3 Å². The Hall–Kier alpha value is -3.94. The maximum atomic E-state index is 12.3. The van der Waals surface area contributed by atoms with E-state index in [1.165, 1.54) is 6.07 Å². The van der Waals surface area contributed by atoms with Crippen LogP contribution >= 0.6 is 0 Å². The summed E-state index contributed by atoms with van der Waals surface area (Å²) in [6.45, 7) is 2.45. The number of nitrogens with one attached hydrogen (secondary N) is 3. The zero-order chi connectivity index (χ0) is 22.2. The van der Waals surface area contributed by atoms with Gasteiger partial charge in [0, 0.05) is 49.6 Å². The number of rotatable bonds is 7. The van der Waals surface area contributed by atoms with Crippen LogP contribution in [0.5, 0.6) is 0 Å². The summed E-state index contributed by atoms with van der Waals surface area (Å²) < 4.78 is 0. The Kier molecular flexibility index (Phi) is 7.16. The van der Waals surface area contributed by atoms with Crippen molar-refractivity contribution >= 4 is 17.6 Å². The van der Waals surface area contributed by atoms with Crippen LogP contribution in [0.15, 0.2) is 65.5 Å². The van der Waals surface area contributed by atoms with E-state index in [9.17, 15) is 14.4 Å². The third kappa shape index (κ3) is 6.53. The number of benzene rings is 2. The molecule has 31 heavy (non-hydrogen) atoms. The zero-order valence-electron chi connectivity index (χ0n) is 17.5. The lowest BCUT2D eigenvalue weighted by Crippen LogP contribution is -2.38. The minimum Gasteiger partial charge on any atom is -0.337 e. The van der Waals surface area contributed by atoms with E-state index in [-0.39, 0.29) is 30.5 Å². The summed E-state index contributed by atoms with van der Waals surface area (Å²) in [7, 11) is 1.71. The van der Waals surface area contributed by atoms with Crippen LogP contribution in [-0.2, 0) is 11.3 Å². The standard InChI is InChI=1S/C23H25N5O3/c1-16-13-21(30)27-22(25-16)18-9-6-10-19(14-18)26-20(29)11-12-24-23(31)28(2)15-17-7-4-3-5-8-17/h3-10,13-14H,11-12,15H2,1-2H3,(H,24,31)(H,26,29)(H,25,27,30). The smallest absolute Gasteiger partial charge is 0.317 e. The van der Waals surface area contributed by atoms with Gasteiger partial charge in [0.05, 0.1) is 0 Å². The third-order valence-electron chi connectivity index (χ3n) is 4.53. The molecule has 0 saturated heterocycles. The van der Waals surface area contributed by atoms with Crippen LogP contribution in [0.25, 0.3) is 11.4 Å². The Labute approximate surface area is 180 Å². The number of anilines is 1. The molecular formula is C23H25N5O3. The molecule has 0 atom stereocenters. The van der Waals surface area contributed by atoms with E-state index in [2.05, 4.69) is 20.6 Å². The minimum absolute atomic E-state index is 0.134. The fourth-order valence-corrected chi connectivity index (χ4v) is 3.03. The van der Waals surface area contributed by atoms with Gasteiger partial charge in [-0.25, -0.2) is 9.78 Å². The Bertz CT molecular complexity index is 1110. The zero-order valence-corrected chi connectivity index (χ0v) is 17.5. The number of aromatic nitrogens is 2. The highest BCUT2D eigenvalue weighted by Crippen LogP contribution is 2.19. The van der Waals surface area contributed by atoms with Gasteiger partial charge in [-0.2, -0.15) is 0 Å². The lowest BCUT2D eigenvalue weighted by molar-refractivity contribution is -0.116. The maximum absolute atomic E-state index is 12.3. The van der Waals surface area contributed by atoms with Crippen LogP contribution in [0, 0.1) is 6.92 Å². The molecule has 3 rings (SSSR count). The highest BCUT2D eigenvalue weighted by molar-refractivity contribution is 5.91. The fourth-order valence-electron chi connectivity index (χ4n) is 3.03. The van der Waals surface area contributed by atoms with Gasteiger partial charge in [-0.15, -0.1) is 0 Å². The van der Waals surface area contributed by atoms with E-state index in [4.69, 9.17) is 0 Å². The normalized spacial score (nSPS) is 10.4. The van der Waals surface area contributed by atoms with Crippen LogP contribution in [0.1, 0.15) is 17.7 Å². The van der Waals surface area contributed by atoms with Gasteiger partial charge in [-0.1, -0.05) is 42.5 Å². The van der Waals surface area contributed by atoms with Gasteiger partial charge >= 0.3 is 6.03 Å². The summed E-state index contributed by atoms with van der Waals surface area (Å²) in [6, 6.07) is 17.9. The van der Waals surface area contributed by atoms with Crippen LogP contribution in [0.2, 0.25) is 0 Å². The molecule has 0 aliphatic rings. The average Bonchev–Trinajstić information content (AvgIpc) is 2.74. The first kappa shape index (κ1) is 21.8. The Balaban J connectivity index is 1.49. The van der Waals surface area contributed by atoms with E-state index in [1.807, 2.05) is 30.3 Å². The fraction of sp³-hybridized carbons (Fsp3) is 0.217. The van der Waals surface area contributed by atoms with E-state index in [0.717, 1.165) is 5.56 Å². The van der Waals surface area contributed by atoms with Gasteiger partial charge in [-0.3, -0.25) is 9.59 Å². The number of nitrogens with zero attached hydrogens (tertiary/aromatic N) is 2. The molecule has 0 radical (unpaired) electrons. The van der Waals surface area contributed by atoms with Gasteiger partial charge in [0.2, 0.25) is 5.91 Å². The van der Waals surface area contributed by atoms with Gasteiger partial charge in [0.1, 0.15) is 5.82 Å². The molecule has 160 valence electrons. The molecule has 8 heteroatoms. The van der Waals surface area contributed by atoms with E-state index in [1.54, 1.807) is 43.1 Å². The molecule has 2 aromatic carbocycles. The average molecular weight is 419 g/mol. The SMILES string of the molecule is Cc1cc(=O)[nH]c(-c2cccc(NC(=O)CCNC(=O)N(C)Cc3ccccc3)c2)n1. The minimum atomic E-state index is -0.242.